The zero-order chi connectivity index (χ0) is 15.5. The van der Waals surface area contributed by atoms with Crippen LogP contribution in [-0.2, 0) is 11.2 Å². The third-order valence-corrected chi connectivity index (χ3v) is 4.18. The summed E-state index contributed by atoms with van der Waals surface area (Å²) in [6, 6.07) is 5.81. The fraction of sp³-hybridized carbons (Fsp3) is 0.611. The molecule has 0 bridgehead atoms. The van der Waals surface area contributed by atoms with E-state index in [2.05, 4.69) is 22.9 Å². The summed E-state index contributed by atoms with van der Waals surface area (Å²) >= 11 is 3.44. The van der Waals surface area contributed by atoms with Gasteiger partial charge in [-0.3, -0.25) is 4.79 Å². The van der Waals surface area contributed by atoms with Crippen molar-refractivity contribution in [2.24, 2.45) is 0 Å². The molecule has 0 aromatic heterocycles. The smallest absolute Gasteiger partial charge is 0.137 e. The summed E-state index contributed by atoms with van der Waals surface area (Å²) in [6.07, 6.45) is 9.86. The number of ether oxygens (including phenoxy) is 1. The van der Waals surface area contributed by atoms with Gasteiger partial charge in [-0.2, -0.15) is 0 Å². The normalized spacial score (nSPS) is 10.6. The van der Waals surface area contributed by atoms with Crippen molar-refractivity contribution in [3.05, 3.63) is 28.2 Å². The summed E-state index contributed by atoms with van der Waals surface area (Å²) in [5.41, 5.74) is 0.972. The quantitative estimate of drug-likeness (QED) is 0.475. The van der Waals surface area contributed by atoms with Crippen molar-refractivity contribution in [2.45, 2.75) is 64.7 Å². The summed E-state index contributed by atoms with van der Waals surface area (Å²) in [5.74, 6) is 1.10. The molecule has 0 saturated carbocycles. The Balaban J connectivity index is 2.26. The largest absolute Gasteiger partial charge is 0.496 e. The number of carbonyl (C=O) groups is 1. The van der Waals surface area contributed by atoms with Gasteiger partial charge in [0.1, 0.15) is 11.5 Å². The van der Waals surface area contributed by atoms with Crippen LogP contribution in [0.1, 0.15) is 63.9 Å². The molecule has 0 saturated heterocycles. The minimum atomic E-state index is 0.306. The standard InChI is InChI=1S/C18H27BrO2/c1-3-4-5-6-7-8-9-10-17(20)14-15-13-16(19)11-12-18(15)21-2/h11-13H,3-10,14H2,1-2H3. The van der Waals surface area contributed by atoms with Gasteiger partial charge in [0, 0.05) is 22.9 Å². The highest BCUT2D eigenvalue weighted by Crippen LogP contribution is 2.24. The average molecular weight is 355 g/mol. The second kappa shape index (κ2) is 10.8. The van der Waals surface area contributed by atoms with Gasteiger partial charge in [0.2, 0.25) is 0 Å². The number of unbranched alkanes of at least 4 members (excludes halogenated alkanes) is 6. The first-order chi connectivity index (χ1) is 10.2. The Morgan fingerprint density at radius 1 is 1.10 bits per heavy atom. The molecule has 0 heterocycles. The van der Waals surface area contributed by atoms with Gasteiger partial charge in [0.15, 0.2) is 0 Å². The topological polar surface area (TPSA) is 26.3 Å². The van der Waals surface area contributed by atoms with Crippen LogP contribution in [0.2, 0.25) is 0 Å². The summed E-state index contributed by atoms with van der Waals surface area (Å²) in [6.45, 7) is 2.23. The van der Waals surface area contributed by atoms with Crippen LogP contribution in [0.25, 0.3) is 0 Å². The van der Waals surface area contributed by atoms with Crippen molar-refractivity contribution in [3.8, 4) is 5.75 Å². The Morgan fingerprint density at radius 2 is 1.76 bits per heavy atom. The molecule has 0 radical (unpaired) electrons. The van der Waals surface area contributed by atoms with Gasteiger partial charge in [-0.15, -0.1) is 0 Å². The van der Waals surface area contributed by atoms with Crippen molar-refractivity contribution in [1.29, 1.82) is 0 Å². The first-order valence-corrected chi connectivity index (χ1v) is 8.80. The lowest BCUT2D eigenvalue weighted by Gasteiger charge is -2.08. The number of Topliss-reactive ketones (excluding diaryl/α,β-unsaturated/α-hetero) is 1. The zero-order valence-electron chi connectivity index (χ0n) is 13.3. The molecule has 0 aliphatic heterocycles. The minimum Gasteiger partial charge on any atom is -0.496 e. The molecule has 0 atom stereocenters. The van der Waals surface area contributed by atoms with Crippen LogP contribution in [0, 0.1) is 0 Å². The maximum absolute atomic E-state index is 12.1. The van der Waals surface area contributed by atoms with Gasteiger partial charge in [0.05, 0.1) is 7.11 Å². The van der Waals surface area contributed by atoms with E-state index in [-0.39, 0.29) is 0 Å². The zero-order valence-corrected chi connectivity index (χ0v) is 14.9. The van der Waals surface area contributed by atoms with Crippen molar-refractivity contribution in [3.63, 3.8) is 0 Å². The lowest BCUT2D eigenvalue weighted by atomic mass is 10.0. The maximum Gasteiger partial charge on any atom is 0.137 e. The van der Waals surface area contributed by atoms with E-state index in [1.54, 1.807) is 7.11 Å². The van der Waals surface area contributed by atoms with Crippen LogP contribution in [0.5, 0.6) is 5.75 Å². The molecule has 0 aliphatic rings. The van der Waals surface area contributed by atoms with E-state index >= 15 is 0 Å². The summed E-state index contributed by atoms with van der Waals surface area (Å²) < 4.78 is 6.30. The van der Waals surface area contributed by atoms with Crippen LogP contribution in [0.3, 0.4) is 0 Å². The summed E-state index contributed by atoms with van der Waals surface area (Å²) in [7, 11) is 1.65. The van der Waals surface area contributed by atoms with Crippen LogP contribution >= 0.6 is 15.9 Å². The Morgan fingerprint density at radius 3 is 2.43 bits per heavy atom. The van der Waals surface area contributed by atoms with E-state index < -0.39 is 0 Å². The monoisotopic (exact) mass is 354 g/mol. The van der Waals surface area contributed by atoms with Crippen molar-refractivity contribution in [2.75, 3.05) is 7.11 Å². The van der Waals surface area contributed by atoms with Crippen molar-refractivity contribution >= 4 is 21.7 Å². The molecule has 0 amide bonds. The molecule has 1 aromatic carbocycles. The number of carbonyl (C=O) groups excluding carboxylic acids is 1. The molecular weight excluding hydrogens is 328 g/mol. The molecule has 3 heteroatoms. The fourth-order valence-corrected chi connectivity index (χ4v) is 2.87. The number of ketones is 1. The second-order valence-corrected chi connectivity index (χ2v) is 6.46. The number of hydrogen-bond acceptors (Lipinski definition) is 2. The molecule has 1 rings (SSSR count). The number of methoxy groups -OCH3 is 1. The Labute approximate surface area is 137 Å². The van der Waals surface area contributed by atoms with Gasteiger partial charge >= 0.3 is 0 Å². The molecule has 2 nitrogen and oxygen atoms in total. The molecule has 1 aromatic rings. The van der Waals surface area contributed by atoms with Gasteiger partial charge in [-0.1, -0.05) is 61.4 Å². The first kappa shape index (κ1) is 18.2. The fourth-order valence-electron chi connectivity index (χ4n) is 2.47. The molecule has 21 heavy (non-hydrogen) atoms. The van der Waals surface area contributed by atoms with E-state index in [1.807, 2.05) is 18.2 Å². The molecule has 0 spiro atoms. The molecule has 0 unspecified atom stereocenters. The SMILES string of the molecule is CCCCCCCCCC(=O)Cc1cc(Br)ccc1OC. The van der Waals surface area contributed by atoms with Crippen LogP contribution in [0.4, 0.5) is 0 Å². The lowest BCUT2D eigenvalue weighted by molar-refractivity contribution is -0.118. The number of benzene rings is 1. The van der Waals surface area contributed by atoms with Crippen molar-refractivity contribution < 1.29 is 9.53 Å². The van der Waals surface area contributed by atoms with Crippen molar-refractivity contribution in [1.82, 2.24) is 0 Å². The minimum absolute atomic E-state index is 0.306. The number of halogens is 1. The predicted molar refractivity (Wildman–Crippen MR) is 92.0 cm³/mol. The van der Waals surface area contributed by atoms with Gasteiger partial charge in [-0.05, 0) is 24.6 Å². The van der Waals surface area contributed by atoms with Gasteiger partial charge < -0.3 is 4.74 Å². The van der Waals surface area contributed by atoms with Crippen LogP contribution < -0.4 is 4.74 Å². The average Bonchev–Trinajstić information content (AvgIpc) is 2.46. The van der Waals surface area contributed by atoms with E-state index in [1.165, 1.54) is 38.5 Å². The lowest BCUT2D eigenvalue weighted by Crippen LogP contribution is -2.04. The number of rotatable bonds is 11. The van der Waals surface area contributed by atoms with Gasteiger partial charge in [0.25, 0.3) is 0 Å². The third-order valence-electron chi connectivity index (χ3n) is 3.69. The molecule has 118 valence electrons. The highest BCUT2D eigenvalue weighted by molar-refractivity contribution is 9.10. The summed E-state index contributed by atoms with van der Waals surface area (Å²) in [5, 5.41) is 0. The van der Waals surface area contributed by atoms with Gasteiger partial charge in [-0.25, -0.2) is 0 Å². The van der Waals surface area contributed by atoms with Crippen LogP contribution in [0.15, 0.2) is 22.7 Å². The Hall–Kier alpha value is -0.830. The van der Waals surface area contributed by atoms with E-state index in [4.69, 9.17) is 4.74 Å². The Bertz CT molecular complexity index is 429. The van der Waals surface area contributed by atoms with E-state index in [9.17, 15) is 4.79 Å². The third kappa shape index (κ3) is 7.66. The number of hydrogen-bond donors (Lipinski definition) is 0. The summed E-state index contributed by atoms with van der Waals surface area (Å²) in [4.78, 5) is 12.1. The second-order valence-electron chi connectivity index (χ2n) is 5.54. The molecule has 0 fully saturated rings. The maximum atomic E-state index is 12.1. The Kier molecular flexibility index (Phi) is 9.40. The first-order valence-electron chi connectivity index (χ1n) is 8.01. The molecule has 0 N–H and O–H groups in total. The predicted octanol–water partition coefficient (Wildman–Crippen LogP) is 5.71. The molecule has 0 aliphatic carbocycles. The molecular formula is C18H27BrO2. The van der Waals surface area contributed by atoms with Crippen LogP contribution in [-0.4, -0.2) is 12.9 Å². The highest BCUT2D eigenvalue weighted by Gasteiger charge is 2.09. The van der Waals surface area contributed by atoms with E-state index in [0.717, 1.165) is 22.2 Å². The highest BCUT2D eigenvalue weighted by atomic mass is 79.9. The van der Waals surface area contributed by atoms with E-state index in [0.29, 0.717) is 18.6 Å².